The molecule has 140 valence electrons. The second-order valence-corrected chi connectivity index (χ2v) is 7.13. The molecule has 4 heterocycles. The molecule has 9 nitrogen and oxygen atoms in total. The minimum Gasteiger partial charge on any atom is -0.368 e. The van der Waals surface area contributed by atoms with Crippen molar-refractivity contribution in [1.82, 2.24) is 24.0 Å². The number of ether oxygens (including phenoxy) is 1. The predicted octanol–water partition coefficient (Wildman–Crippen LogP) is -0.155. The number of rotatable bonds is 2. The van der Waals surface area contributed by atoms with Crippen LogP contribution in [-0.2, 0) is 23.6 Å². The summed E-state index contributed by atoms with van der Waals surface area (Å²) in [6.07, 6.45) is 3.01. The van der Waals surface area contributed by atoms with Crippen molar-refractivity contribution in [1.29, 1.82) is 0 Å². The third-order valence-corrected chi connectivity index (χ3v) is 5.51. The highest BCUT2D eigenvalue weighted by Crippen LogP contribution is 2.28. The molecular formula is C17H23N5O4. The van der Waals surface area contributed by atoms with Gasteiger partial charge in [0, 0.05) is 39.7 Å². The smallest absolute Gasteiger partial charge is 0.332 e. The first kappa shape index (κ1) is 17.0. The Morgan fingerprint density at radius 2 is 1.88 bits per heavy atom. The molecule has 1 unspecified atom stereocenters. The molecule has 0 saturated carbocycles. The van der Waals surface area contributed by atoms with Gasteiger partial charge in [-0.05, 0) is 25.7 Å². The van der Waals surface area contributed by atoms with E-state index in [2.05, 4.69) is 9.97 Å². The lowest BCUT2D eigenvalue weighted by Crippen LogP contribution is -2.43. The van der Waals surface area contributed by atoms with E-state index in [9.17, 15) is 14.4 Å². The molecule has 1 N–H and O–H groups in total. The molecule has 2 fully saturated rings. The number of carbonyl (C=O) groups excluding carboxylic acids is 1. The molecule has 0 bridgehead atoms. The van der Waals surface area contributed by atoms with Crippen molar-refractivity contribution in [3.63, 3.8) is 0 Å². The summed E-state index contributed by atoms with van der Waals surface area (Å²) in [4.78, 5) is 46.3. The highest BCUT2D eigenvalue weighted by atomic mass is 16.5. The molecule has 2 aliphatic heterocycles. The standard InChI is InChI=1S/C17H23N5O4/c1-20-14-12(16(24)21(2)17(20)25)18-13(19-14)10-5-7-22(8-6-10)15(23)11-4-3-9-26-11/h10-11H,3-9H2,1-2H3,(H,18,19). The van der Waals surface area contributed by atoms with Crippen LogP contribution in [0.3, 0.4) is 0 Å². The molecule has 0 radical (unpaired) electrons. The van der Waals surface area contributed by atoms with Crippen LogP contribution in [0, 0.1) is 0 Å². The number of aromatic nitrogens is 4. The van der Waals surface area contributed by atoms with Crippen molar-refractivity contribution < 1.29 is 9.53 Å². The van der Waals surface area contributed by atoms with Gasteiger partial charge in [-0.2, -0.15) is 0 Å². The lowest BCUT2D eigenvalue weighted by atomic mass is 9.95. The van der Waals surface area contributed by atoms with Gasteiger partial charge in [-0.25, -0.2) is 9.78 Å². The fraction of sp³-hybridized carbons (Fsp3) is 0.647. The van der Waals surface area contributed by atoms with Crippen molar-refractivity contribution in [2.45, 2.75) is 37.7 Å². The number of fused-ring (bicyclic) bond motifs is 1. The van der Waals surface area contributed by atoms with E-state index in [1.807, 2.05) is 4.90 Å². The molecule has 1 amide bonds. The van der Waals surface area contributed by atoms with E-state index in [-0.39, 0.29) is 23.5 Å². The molecule has 0 aliphatic carbocycles. The number of amides is 1. The average Bonchev–Trinajstić information content (AvgIpc) is 3.34. The number of likely N-dealkylation sites (tertiary alicyclic amines) is 1. The van der Waals surface area contributed by atoms with Gasteiger partial charge in [-0.3, -0.25) is 18.7 Å². The van der Waals surface area contributed by atoms with Gasteiger partial charge in [0.15, 0.2) is 5.65 Å². The molecule has 0 aromatic carbocycles. The number of carbonyl (C=O) groups is 1. The first-order valence-electron chi connectivity index (χ1n) is 9.03. The minimum absolute atomic E-state index is 0.0850. The largest absolute Gasteiger partial charge is 0.368 e. The van der Waals surface area contributed by atoms with Crippen LogP contribution < -0.4 is 11.2 Å². The van der Waals surface area contributed by atoms with Crippen LogP contribution in [0.1, 0.15) is 37.4 Å². The summed E-state index contributed by atoms with van der Waals surface area (Å²) >= 11 is 0. The SMILES string of the molecule is Cn1c(=O)c2[nH]c(C3CCN(C(=O)C4CCCO4)CC3)nc2n(C)c1=O. The second kappa shape index (κ2) is 6.39. The number of nitrogens with one attached hydrogen (secondary N) is 1. The molecule has 26 heavy (non-hydrogen) atoms. The fourth-order valence-electron chi connectivity index (χ4n) is 3.89. The van der Waals surface area contributed by atoms with Gasteiger partial charge >= 0.3 is 5.69 Å². The Kier molecular flexibility index (Phi) is 4.18. The minimum atomic E-state index is -0.391. The van der Waals surface area contributed by atoms with E-state index in [1.54, 1.807) is 7.05 Å². The second-order valence-electron chi connectivity index (χ2n) is 7.13. The number of piperidine rings is 1. The van der Waals surface area contributed by atoms with E-state index in [4.69, 9.17) is 4.74 Å². The molecule has 2 aromatic heterocycles. The number of H-pyrrole nitrogens is 1. The Labute approximate surface area is 149 Å². The Balaban J connectivity index is 1.54. The molecule has 2 saturated heterocycles. The van der Waals surface area contributed by atoms with Crippen molar-refractivity contribution in [2.75, 3.05) is 19.7 Å². The first-order chi connectivity index (χ1) is 12.5. The Morgan fingerprint density at radius 3 is 2.54 bits per heavy atom. The van der Waals surface area contributed by atoms with Crippen molar-refractivity contribution >= 4 is 17.1 Å². The van der Waals surface area contributed by atoms with Gasteiger partial charge in [-0.15, -0.1) is 0 Å². The van der Waals surface area contributed by atoms with Crippen LogP contribution in [0.25, 0.3) is 11.2 Å². The molecule has 2 aromatic rings. The summed E-state index contributed by atoms with van der Waals surface area (Å²) in [6, 6.07) is 0. The number of nitrogens with zero attached hydrogens (tertiary/aromatic N) is 4. The lowest BCUT2D eigenvalue weighted by molar-refractivity contribution is -0.142. The van der Waals surface area contributed by atoms with Gasteiger partial charge in [0.25, 0.3) is 11.5 Å². The number of hydrogen-bond donors (Lipinski definition) is 1. The first-order valence-corrected chi connectivity index (χ1v) is 9.03. The Bertz CT molecular complexity index is 958. The summed E-state index contributed by atoms with van der Waals surface area (Å²) in [6.45, 7) is 1.97. The average molecular weight is 361 g/mol. The maximum Gasteiger partial charge on any atom is 0.332 e. The van der Waals surface area contributed by atoms with E-state index >= 15 is 0 Å². The zero-order valence-electron chi connectivity index (χ0n) is 15.0. The molecule has 1 atom stereocenters. The fourth-order valence-corrected chi connectivity index (χ4v) is 3.89. The van der Waals surface area contributed by atoms with Gasteiger partial charge in [0.2, 0.25) is 0 Å². The summed E-state index contributed by atoms with van der Waals surface area (Å²) < 4.78 is 7.95. The van der Waals surface area contributed by atoms with Crippen LogP contribution >= 0.6 is 0 Å². The molecule has 0 spiro atoms. The van der Waals surface area contributed by atoms with E-state index in [1.165, 1.54) is 11.6 Å². The zero-order valence-corrected chi connectivity index (χ0v) is 15.0. The van der Waals surface area contributed by atoms with Crippen molar-refractivity contribution in [3.05, 3.63) is 26.7 Å². The monoisotopic (exact) mass is 361 g/mol. The van der Waals surface area contributed by atoms with Crippen LogP contribution in [0.2, 0.25) is 0 Å². The summed E-state index contributed by atoms with van der Waals surface area (Å²) in [7, 11) is 3.07. The number of hydrogen-bond acceptors (Lipinski definition) is 5. The number of imidazole rings is 1. The summed E-state index contributed by atoms with van der Waals surface area (Å²) in [5, 5.41) is 0. The summed E-state index contributed by atoms with van der Waals surface area (Å²) in [5.41, 5.74) is -0.0289. The normalized spacial score (nSPS) is 21.6. The maximum atomic E-state index is 12.4. The quantitative estimate of drug-likeness (QED) is 0.801. The lowest BCUT2D eigenvalue weighted by Gasteiger charge is -2.32. The molecule has 4 rings (SSSR count). The van der Waals surface area contributed by atoms with Crippen LogP contribution in [0.4, 0.5) is 0 Å². The van der Waals surface area contributed by atoms with Crippen LogP contribution in [0.15, 0.2) is 9.59 Å². The Morgan fingerprint density at radius 1 is 1.15 bits per heavy atom. The number of aryl methyl sites for hydroxylation is 1. The summed E-state index contributed by atoms with van der Waals surface area (Å²) in [5.74, 6) is 0.931. The number of aromatic amines is 1. The van der Waals surface area contributed by atoms with Gasteiger partial charge in [0.05, 0.1) is 0 Å². The van der Waals surface area contributed by atoms with Crippen LogP contribution in [-0.4, -0.2) is 55.7 Å². The Hall–Kier alpha value is -2.42. The topological polar surface area (TPSA) is 102 Å². The molecule has 9 heteroatoms. The van der Waals surface area contributed by atoms with Crippen LogP contribution in [0.5, 0.6) is 0 Å². The maximum absolute atomic E-state index is 12.4. The molecule has 2 aliphatic rings. The molecular weight excluding hydrogens is 338 g/mol. The van der Waals surface area contributed by atoms with E-state index in [0.29, 0.717) is 36.7 Å². The van der Waals surface area contributed by atoms with Gasteiger partial charge in [-0.1, -0.05) is 0 Å². The van der Waals surface area contributed by atoms with E-state index < -0.39 is 5.69 Å². The highest BCUT2D eigenvalue weighted by Gasteiger charge is 2.32. The van der Waals surface area contributed by atoms with Gasteiger partial charge in [0.1, 0.15) is 17.4 Å². The van der Waals surface area contributed by atoms with Crippen molar-refractivity contribution in [2.24, 2.45) is 14.1 Å². The predicted molar refractivity (Wildman–Crippen MR) is 94.1 cm³/mol. The van der Waals surface area contributed by atoms with E-state index in [0.717, 1.165) is 30.3 Å². The van der Waals surface area contributed by atoms with Crippen molar-refractivity contribution in [3.8, 4) is 0 Å². The zero-order chi connectivity index (χ0) is 18.4. The third kappa shape index (κ3) is 2.66. The third-order valence-electron chi connectivity index (χ3n) is 5.51. The van der Waals surface area contributed by atoms with Gasteiger partial charge < -0.3 is 14.6 Å². The highest BCUT2D eigenvalue weighted by molar-refractivity contribution is 5.81.